The van der Waals surface area contributed by atoms with E-state index in [1.54, 1.807) is 6.07 Å². The van der Waals surface area contributed by atoms with Crippen LogP contribution in [0.4, 0.5) is 8.78 Å². The highest BCUT2D eigenvalue weighted by molar-refractivity contribution is 7.10. The van der Waals surface area contributed by atoms with Crippen molar-refractivity contribution >= 4 is 11.3 Å². The molecule has 2 N–H and O–H groups in total. The first kappa shape index (κ1) is 10.3. The molecule has 0 atom stereocenters. The van der Waals surface area contributed by atoms with Gasteiger partial charge >= 0.3 is 0 Å². The standard InChI is InChI=1S/C11H9F2NS/c12-10-2-1-7(4-11(10)13)8-3-9(5-14)15-6-8/h1-4,6H,5,14H2. The molecule has 2 aromatic rings. The molecule has 15 heavy (non-hydrogen) atoms. The topological polar surface area (TPSA) is 26.0 Å². The quantitative estimate of drug-likeness (QED) is 0.834. The third-order valence-corrected chi connectivity index (χ3v) is 3.07. The molecule has 78 valence electrons. The van der Waals surface area contributed by atoms with E-state index < -0.39 is 11.6 Å². The maximum Gasteiger partial charge on any atom is 0.159 e. The molecule has 1 nitrogen and oxygen atoms in total. The van der Waals surface area contributed by atoms with Crippen LogP contribution in [0, 0.1) is 11.6 Å². The molecule has 0 spiro atoms. The van der Waals surface area contributed by atoms with Gasteiger partial charge in [0.2, 0.25) is 0 Å². The van der Waals surface area contributed by atoms with Gasteiger partial charge in [-0.2, -0.15) is 0 Å². The van der Waals surface area contributed by atoms with E-state index in [4.69, 9.17) is 5.73 Å². The summed E-state index contributed by atoms with van der Waals surface area (Å²) in [5.41, 5.74) is 7.02. The van der Waals surface area contributed by atoms with E-state index in [2.05, 4.69) is 0 Å². The summed E-state index contributed by atoms with van der Waals surface area (Å²) in [6.45, 7) is 0.467. The Labute approximate surface area is 90.2 Å². The smallest absolute Gasteiger partial charge is 0.159 e. The van der Waals surface area contributed by atoms with E-state index in [1.165, 1.54) is 17.4 Å². The molecular formula is C11H9F2NS. The monoisotopic (exact) mass is 225 g/mol. The van der Waals surface area contributed by atoms with E-state index in [1.807, 2.05) is 11.4 Å². The predicted octanol–water partition coefficient (Wildman–Crippen LogP) is 3.15. The summed E-state index contributed by atoms with van der Waals surface area (Å²) in [5.74, 6) is -1.65. The Hall–Kier alpha value is -1.26. The van der Waals surface area contributed by atoms with E-state index in [-0.39, 0.29) is 0 Å². The Bertz CT molecular complexity index is 479. The summed E-state index contributed by atoms with van der Waals surface area (Å²) >= 11 is 1.51. The third kappa shape index (κ3) is 2.06. The molecule has 0 amide bonds. The summed E-state index contributed by atoms with van der Waals surface area (Å²) in [5, 5.41) is 1.88. The van der Waals surface area contributed by atoms with Crippen LogP contribution < -0.4 is 5.73 Å². The van der Waals surface area contributed by atoms with Gasteiger partial charge in [-0.25, -0.2) is 8.78 Å². The van der Waals surface area contributed by atoms with Gasteiger partial charge in [0.05, 0.1) is 0 Å². The molecule has 1 aromatic carbocycles. The van der Waals surface area contributed by atoms with Crippen molar-refractivity contribution in [3.05, 3.63) is 46.2 Å². The molecule has 0 saturated heterocycles. The fraction of sp³-hybridized carbons (Fsp3) is 0.0909. The van der Waals surface area contributed by atoms with Crippen molar-refractivity contribution in [2.24, 2.45) is 5.73 Å². The minimum atomic E-state index is -0.826. The highest BCUT2D eigenvalue weighted by atomic mass is 32.1. The van der Waals surface area contributed by atoms with E-state index in [0.29, 0.717) is 12.1 Å². The van der Waals surface area contributed by atoms with Crippen LogP contribution in [0.5, 0.6) is 0 Å². The predicted molar refractivity (Wildman–Crippen MR) is 57.6 cm³/mol. The van der Waals surface area contributed by atoms with E-state index in [9.17, 15) is 8.78 Å². The maximum absolute atomic E-state index is 13.0. The highest BCUT2D eigenvalue weighted by Crippen LogP contribution is 2.26. The zero-order valence-electron chi connectivity index (χ0n) is 7.84. The van der Waals surface area contributed by atoms with Gasteiger partial charge in [-0.1, -0.05) is 6.07 Å². The molecule has 0 aliphatic rings. The maximum atomic E-state index is 13.0. The zero-order chi connectivity index (χ0) is 10.8. The molecule has 2 rings (SSSR count). The lowest BCUT2D eigenvalue weighted by Gasteiger charge is -1.98. The molecule has 4 heteroatoms. The van der Waals surface area contributed by atoms with Crippen LogP contribution >= 0.6 is 11.3 Å². The normalized spacial score (nSPS) is 10.6. The molecule has 0 aliphatic carbocycles. The van der Waals surface area contributed by atoms with Gasteiger partial charge in [-0.3, -0.25) is 0 Å². The van der Waals surface area contributed by atoms with Gasteiger partial charge in [0.15, 0.2) is 11.6 Å². The van der Waals surface area contributed by atoms with Crippen molar-refractivity contribution in [2.75, 3.05) is 0 Å². The summed E-state index contributed by atoms with van der Waals surface area (Å²) in [6.07, 6.45) is 0. The number of nitrogens with two attached hydrogens (primary N) is 1. The first-order valence-electron chi connectivity index (χ1n) is 4.43. The summed E-state index contributed by atoms with van der Waals surface area (Å²) in [7, 11) is 0. The number of rotatable bonds is 2. The Kier molecular flexibility index (Phi) is 2.79. The lowest BCUT2D eigenvalue weighted by Crippen LogP contribution is -1.91. The Morgan fingerprint density at radius 1 is 1.07 bits per heavy atom. The Balaban J connectivity index is 2.40. The number of hydrogen-bond donors (Lipinski definition) is 1. The van der Waals surface area contributed by atoms with Crippen molar-refractivity contribution in [1.29, 1.82) is 0 Å². The van der Waals surface area contributed by atoms with Crippen molar-refractivity contribution in [2.45, 2.75) is 6.54 Å². The molecule has 0 radical (unpaired) electrons. The van der Waals surface area contributed by atoms with Crippen molar-refractivity contribution in [3.63, 3.8) is 0 Å². The SMILES string of the molecule is NCc1cc(-c2ccc(F)c(F)c2)cs1. The van der Waals surface area contributed by atoms with Gasteiger partial charge in [0.1, 0.15) is 0 Å². The molecule has 1 heterocycles. The number of thiophene rings is 1. The minimum Gasteiger partial charge on any atom is -0.326 e. The number of benzene rings is 1. The first-order chi connectivity index (χ1) is 7.20. The van der Waals surface area contributed by atoms with Gasteiger partial charge < -0.3 is 5.73 Å². The molecular weight excluding hydrogens is 216 g/mol. The van der Waals surface area contributed by atoms with E-state index in [0.717, 1.165) is 16.5 Å². The Morgan fingerprint density at radius 3 is 2.47 bits per heavy atom. The molecule has 1 aromatic heterocycles. The lowest BCUT2D eigenvalue weighted by atomic mass is 10.1. The summed E-state index contributed by atoms with van der Waals surface area (Å²) in [6, 6.07) is 5.76. The fourth-order valence-electron chi connectivity index (χ4n) is 1.31. The first-order valence-corrected chi connectivity index (χ1v) is 5.31. The molecule has 0 unspecified atom stereocenters. The van der Waals surface area contributed by atoms with Crippen LogP contribution in [0.15, 0.2) is 29.6 Å². The van der Waals surface area contributed by atoms with Crippen molar-refractivity contribution in [1.82, 2.24) is 0 Å². The Morgan fingerprint density at radius 2 is 1.87 bits per heavy atom. The fourth-order valence-corrected chi connectivity index (χ4v) is 2.09. The average molecular weight is 225 g/mol. The van der Waals surface area contributed by atoms with Crippen molar-refractivity contribution in [3.8, 4) is 11.1 Å². The molecule has 0 aliphatic heterocycles. The highest BCUT2D eigenvalue weighted by Gasteiger charge is 2.05. The van der Waals surface area contributed by atoms with Crippen LogP contribution in [-0.2, 0) is 6.54 Å². The van der Waals surface area contributed by atoms with Crippen LogP contribution in [-0.4, -0.2) is 0 Å². The van der Waals surface area contributed by atoms with Crippen LogP contribution in [0.3, 0.4) is 0 Å². The second-order valence-electron chi connectivity index (χ2n) is 3.13. The van der Waals surface area contributed by atoms with Crippen molar-refractivity contribution < 1.29 is 8.78 Å². The lowest BCUT2D eigenvalue weighted by molar-refractivity contribution is 0.509. The van der Waals surface area contributed by atoms with Gasteiger partial charge in [-0.15, -0.1) is 11.3 Å². The number of hydrogen-bond acceptors (Lipinski definition) is 2. The zero-order valence-corrected chi connectivity index (χ0v) is 8.65. The minimum absolute atomic E-state index is 0.467. The molecule has 0 fully saturated rings. The van der Waals surface area contributed by atoms with Crippen LogP contribution in [0.1, 0.15) is 4.88 Å². The second-order valence-corrected chi connectivity index (χ2v) is 4.13. The molecule has 0 saturated carbocycles. The largest absolute Gasteiger partial charge is 0.326 e. The number of halogens is 2. The average Bonchev–Trinajstić information content (AvgIpc) is 2.70. The summed E-state index contributed by atoms with van der Waals surface area (Å²) in [4.78, 5) is 1.02. The van der Waals surface area contributed by atoms with Gasteiger partial charge in [-0.05, 0) is 34.7 Å². The molecule has 0 bridgehead atoms. The third-order valence-electron chi connectivity index (χ3n) is 2.11. The van der Waals surface area contributed by atoms with Gasteiger partial charge in [0, 0.05) is 11.4 Å². The summed E-state index contributed by atoms with van der Waals surface area (Å²) < 4.78 is 25.7. The van der Waals surface area contributed by atoms with E-state index >= 15 is 0 Å². The van der Waals surface area contributed by atoms with Crippen LogP contribution in [0.2, 0.25) is 0 Å². The second kappa shape index (κ2) is 4.08. The van der Waals surface area contributed by atoms with Crippen LogP contribution in [0.25, 0.3) is 11.1 Å². The van der Waals surface area contributed by atoms with Gasteiger partial charge in [0.25, 0.3) is 0 Å².